The number of imidazole rings is 1. The van der Waals surface area contributed by atoms with Crippen LogP contribution in [0.2, 0.25) is 0 Å². The van der Waals surface area contributed by atoms with E-state index < -0.39 is 0 Å². The van der Waals surface area contributed by atoms with E-state index in [0.717, 1.165) is 11.3 Å². The molecule has 7 heteroatoms. The first-order valence-corrected chi connectivity index (χ1v) is 6.61. The molecule has 0 amide bonds. The zero-order chi connectivity index (χ0) is 14.9. The second kappa shape index (κ2) is 4.88. The lowest BCUT2D eigenvalue weighted by Gasteiger charge is -2.02. The summed E-state index contributed by atoms with van der Waals surface area (Å²) in [6, 6.07) is 9.31. The van der Waals surface area contributed by atoms with Crippen LogP contribution in [0.3, 0.4) is 0 Å². The Bertz CT molecular complexity index is 991. The fraction of sp³-hybridized carbons (Fsp3) is 0. The van der Waals surface area contributed by atoms with Gasteiger partial charge in [0.25, 0.3) is 0 Å². The van der Waals surface area contributed by atoms with Gasteiger partial charge in [0.2, 0.25) is 0 Å². The van der Waals surface area contributed by atoms with Crippen molar-refractivity contribution >= 4 is 11.3 Å². The molecule has 1 N–H and O–H groups in total. The normalized spacial score (nSPS) is 10.9. The fourth-order valence-corrected chi connectivity index (χ4v) is 2.27. The van der Waals surface area contributed by atoms with Crippen molar-refractivity contribution in [2.75, 3.05) is 0 Å². The van der Waals surface area contributed by atoms with Crippen molar-refractivity contribution in [3.05, 3.63) is 65.7 Å². The highest BCUT2D eigenvalue weighted by molar-refractivity contribution is 5.72. The Morgan fingerprint density at radius 2 is 1.77 bits per heavy atom. The van der Waals surface area contributed by atoms with Crippen LogP contribution in [0, 0.1) is 0 Å². The fourth-order valence-electron chi connectivity index (χ4n) is 2.27. The van der Waals surface area contributed by atoms with Crippen LogP contribution in [0.15, 0.2) is 60.0 Å². The first-order chi connectivity index (χ1) is 10.8. The lowest BCUT2D eigenvalue weighted by Crippen LogP contribution is -2.14. The van der Waals surface area contributed by atoms with E-state index in [-0.39, 0.29) is 5.69 Å². The van der Waals surface area contributed by atoms with Gasteiger partial charge in [-0.15, -0.1) is 0 Å². The Labute approximate surface area is 124 Å². The van der Waals surface area contributed by atoms with Gasteiger partial charge in [0, 0.05) is 18.0 Å². The smallest absolute Gasteiger partial charge is 0.288 e. The van der Waals surface area contributed by atoms with E-state index in [4.69, 9.17) is 0 Å². The van der Waals surface area contributed by atoms with Gasteiger partial charge in [-0.05, 0) is 12.1 Å². The van der Waals surface area contributed by atoms with Crippen LogP contribution in [0.5, 0.6) is 0 Å². The summed E-state index contributed by atoms with van der Waals surface area (Å²) in [5, 5.41) is 0. The minimum absolute atomic E-state index is 0.275. The van der Waals surface area contributed by atoms with Gasteiger partial charge in [-0.2, -0.15) is 0 Å². The molecule has 1 aromatic carbocycles. The summed E-state index contributed by atoms with van der Waals surface area (Å²) in [4.78, 5) is 31.6. The number of H-pyrrole nitrogens is 1. The van der Waals surface area contributed by atoms with Gasteiger partial charge in [-0.1, -0.05) is 18.2 Å². The zero-order valence-corrected chi connectivity index (χ0v) is 11.3. The van der Waals surface area contributed by atoms with Crippen LogP contribution in [0.1, 0.15) is 0 Å². The van der Waals surface area contributed by atoms with Crippen molar-refractivity contribution in [3.8, 4) is 16.9 Å². The number of hydrogen-bond acceptors (Lipinski definition) is 5. The van der Waals surface area contributed by atoms with Gasteiger partial charge in [0.05, 0.1) is 17.6 Å². The van der Waals surface area contributed by atoms with E-state index in [1.165, 1.54) is 10.9 Å². The molecule has 106 valence electrons. The number of aromatic amines is 1. The minimum atomic E-state index is -0.275. The molecular formula is C15H10N6O. The van der Waals surface area contributed by atoms with Crippen LogP contribution < -0.4 is 5.69 Å². The highest BCUT2D eigenvalue weighted by Gasteiger charge is 2.12. The number of nitrogens with zero attached hydrogens (tertiary/aromatic N) is 5. The molecule has 0 aliphatic rings. The predicted octanol–water partition coefficient (Wildman–Crippen LogP) is 1.57. The Balaban J connectivity index is 1.92. The van der Waals surface area contributed by atoms with Gasteiger partial charge in [-0.3, -0.25) is 4.98 Å². The van der Waals surface area contributed by atoms with Crippen molar-refractivity contribution in [3.63, 3.8) is 0 Å². The van der Waals surface area contributed by atoms with Gasteiger partial charge in [0.15, 0.2) is 11.3 Å². The number of rotatable bonds is 2. The number of hydrogen-bond donors (Lipinski definition) is 1. The van der Waals surface area contributed by atoms with E-state index >= 15 is 0 Å². The summed E-state index contributed by atoms with van der Waals surface area (Å²) in [5.41, 5.74) is 2.72. The maximum absolute atomic E-state index is 12.2. The summed E-state index contributed by atoms with van der Waals surface area (Å²) >= 11 is 0. The summed E-state index contributed by atoms with van der Waals surface area (Å²) < 4.78 is 1.49. The third-order valence-electron chi connectivity index (χ3n) is 3.26. The Morgan fingerprint density at radius 1 is 1.00 bits per heavy atom. The standard InChI is InChI=1S/C15H10N6O/c22-15-20-13-14(21(15)11-4-2-1-3-5-11)18-8-12(19-13)10-6-16-9-17-7-10/h1-9H,(H,19,20,22). The molecule has 22 heavy (non-hydrogen) atoms. The van der Waals surface area contributed by atoms with Crippen molar-refractivity contribution < 1.29 is 0 Å². The second-order valence-corrected chi connectivity index (χ2v) is 4.66. The third kappa shape index (κ3) is 1.96. The summed E-state index contributed by atoms with van der Waals surface area (Å²) in [7, 11) is 0. The summed E-state index contributed by atoms with van der Waals surface area (Å²) in [5.74, 6) is 0. The first kappa shape index (κ1) is 12.4. The molecule has 0 fully saturated rings. The van der Waals surface area contributed by atoms with E-state index in [9.17, 15) is 4.79 Å². The van der Waals surface area contributed by atoms with E-state index in [1.54, 1.807) is 18.6 Å². The van der Waals surface area contributed by atoms with E-state index in [0.29, 0.717) is 17.0 Å². The van der Waals surface area contributed by atoms with Gasteiger partial charge >= 0.3 is 5.69 Å². The van der Waals surface area contributed by atoms with Crippen molar-refractivity contribution in [2.24, 2.45) is 0 Å². The quantitative estimate of drug-likeness (QED) is 0.605. The van der Waals surface area contributed by atoms with Crippen molar-refractivity contribution in [2.45, 2.75) is 0 Å². The largest absolute Gasteiger partial charge is 0.333 e. The molecule has 0 saturated carbocycles. The van der Waals surface area contributed by atoms with Crippen LogP contribution in [0.25, 0.3) is 28.2 Å². The topological polar surface area (TPSA) is 89.3 Å². The number of aromatic nitrogens is 6. The molecular weight excluding hydrogens is 280 g/mol. The molecule has 0 spiro atoms. The molecule has 0 radical (unpaired) electrons. The predicted molar refractivity (Wildman–Crippen MR) is 80.5 cm³/mol. The van der Waals surface area contributed by atoms with Crippen molar-refractivity contribution in [1.82, 2.24) is 29.5 Å². The molecule has 0 aliphatic carbocycles. The van der Waals surface area contributed by atoms with Crippen LogP contribution >= 0.6 is 0 Å². The number of nitrogens with one attached hydrogen (secondary N) is 1. The van der Waals surface area contributed by atoms with Crippen LogP contribution in [0.4, 0.5) is 0 Å². The highest BCUT2D eigenvalue weighted by atomic mass is 16.1. The molecule has 3 aromatic heterocycles. The third-order valence-corrected chi connectivity index (χ3v) is 3.26. The zero-order valence-electron chi connectivity index (χ0n) is 11.3. The Morgan fingerprint density at radius 3 is 2.55 bits per heavy atom. The monoisotopic (exact) mass is 290 g/mol. The van der Waals surface area contributed by atoms with Gasteiger partial charge < -0.3 is 0 Å². The van der Waals surface area contributed by atoms with E-state index in [1.807, 2.05) is 30.3 Å². The summed E-state index contributed by atoms with van der Waals surface area (Å²) in [6.45, 7) is 0. The molecule has 7 nitrogen and oxygen atoms in total. The molecule has 4 rings (SSSR count). The lowest BCUT2D eigenvalue weighted by atomic mass is 10.2. The Kier molecular flexibility index (Phi) is 2.75. The van der Waals surface area contributed by atoms with Crippen molar-refractivity contribution in [1.29, 1.82) is 0 Å². The lowest BCUT2D eigenvalue weighted by molar-refractivity contribution is 1.00. The molecule has 0 atom stereocenters. The molecule has 4 aromatic rings. The number of benzene rings is 1. The molecule has 0 unspecified atom stereocenters. The van der Waals surface area contributed by atoms with Crippen LogP contribution in [-0.4, -0.2) is 29.5 Å². The van der Waals surface area contributed by atoms with Gasteiger partial charge in [0.1, 0.15) is 6.33 Å². The van der Waals surface area contributed by atoms with E-state index in [2.05, 4.69) is 24.9 Å². The number of para-hydroxylation sites is 1. The number of fused-ring (bicyclic) bond motifs is 1. The molecule has 0 aliphatic heterocycles. The average molecular weight is 290 g/mol. The van der Waals surface area contributed by atoms with Gasteiger partial charge in [-0.25, -0.2) is 29.3 Å². The maximum atomic E-state index is 12.2. The Hall–Kier alpha value is -3.35. The minimum Gasteiger partial charge on any atom is -0.288 e. The van der Waals surface area contributed by atoms with Crippen LogP contribution in [-0.2, 0) is 0 Å². The molecule has 0 saturated heterocycles. The SMILES string of the molecule is O=c1[nH]c2nc(-c3cncnc3)cnc2n1-c1ccccc1. The molecule has 3 heterocycles. The molecule has 0 bridgehead atoms. The summed E-state index contributed by atoms with van der Waals surface area (Å²) in [6.07, 6.45) is 6.35. The average Bonchev–Trinajstić information content (AvgIpc) is 2.91. The maximum Gasteiger partial charge on any atom is 0.333 e. The first-order valence-electron chi connectivity index (χ1n) is 6.61. The highest BCUT2D eigenvalue weighted by Crippen LogP contribution is 2.17. The second-order valence-electron chi connectivity index (χ2n) is 4.66.